The third kappa shape index (κ3) is 6.07. The van der Waals surface area contributed by atoms with E-state index in [1.54, 1.807) is 0 Å². The average Bonchev–Trinajstić information content (AvgIpc) is 2.40. The van der Waals surface area contributed by atoms with Crippen molar-refractivity contribution in [3.05, 3.63) is 34.9 Å². The Hall–Kier alpha value is -0.380. The lowest BCUT2D eigenvalue weighted by Gasteiger charge is -2.23. The standard InChI is InChI=1S/C15H24ClNOS/c1-4-12(3)15(17-5-2)11-19(18)10-13-6-8-14(16)9-7-13/h6-9,12,15,17H,4-5,10-11H2,1-3H3. The highest BCUT2D eigenvalue weighted by atomic mass is 35.5. The molecule has 1 aromatic rings. The first-order chi connectivity index (χ1) is 9.06. The van der Waals surface area contributed by atoms with Crippen LogP contribution in [0.15, 0.2) is 24.3 Å². The Balaban J connectivity index is 2.54. The number of halogens is 1. The monoisotopic (exact) mass is 301 g/mol. The zero-order chi connectivity index (χ0) is 14.3. The number of rotatable bonds is 8. The van der Waals surface area contributed by atoms with Gasteiger partial charge in [0.05, 0.1) is 0 Å². The van der Waals surface area contributed by atoms with Crippen molar-refractivity contribution in [2.45, 2.75) is 39.0 Å². The largest absolute Gasteiger partial charge is 0.313 e. The van der Waals surface area contributed by atoms with Crippen LogP contribution in [0.2, 0.25) is 5.02 Å². The van der Waals surface area contributed by atoms with Crippen molar-refractivity contribution in [2.75, 3.05) is 12.3 Å². The van der Waals surface area contributed by atoms with Gasteiger partial charge in [0.1, 0.15) is 0 Å². The van der Waals surface area contributed by atoms with Crippen LogP contribution in [-0.4, -0.2) is 22.5 Å². The van der Waals surface area contributed by atoms with Crippen LogP contribution < -0.4 is 5.32 Å². The lowest BCUT2D eigenvalue weighted by molar-refractivity contribution is 0.401. The summed E-state index contributed by atoms with van der Waals surface area (Å²) < 4.78 is 12.2. The van der Waals surface area contributed by atoms with Gasteiger partial charge in [0.25, 0.3) is 0 Å². The molecule has 0 fully saturated rings. The first kappa shape index (κ1) is 16.7. The molecule has 0 saturated carbocycles. The van der Waals surface area contributed by atoms with E-state index >= 15 is 0 Å². The Morgan fingerprint density at radius 3 is 2.42 bits per heavy atom. The van der Waals surface area contributed by atoms with E-state index in [1.807, 2.05) is 24.3 Å². The van der Waals surface area contributed by atoms with Crippen molar-refractivity contribution in [3.63, 3.8) is 0 Å². The van der Waals surface area contributed by atoms with Crippen LogP contribution in [-0.2, 0) is 16.6 Å². The van der Waals surface area contributed by atoms with E-state index in [0.717, 1.165) is 23.6 Å². The third-order valence-corrected chi connectivity index (χ3v) is 5.04. The smallest absolute Gasteiger partial charge is 0.0486 e. The van der Waals surface area contributed by atoms with Gasteiger partial charge in [0.15, 0.2) is 0 Å². The predicted octanol–water partition coefficient (Wildman–Crippen LogP) is 3.61. The summed E-state index contributed by atoms with van der Waals surface area (Å²) in [6.45, 7) is 7.41. The summed E-state index contributed by atoms with van der Waals surface area (Å²) in [7, 11) is -0.837. The predicted molar refractivity (Wildman–Crippen MR) is 85.1 cm³/mol. The van der Waals surface area contributed by atoms with Crippen molar-refractivity contribution in [1.82, 2.24) is 5.32 Å². The lowest BCUT2D eigenvalue weighted by atomic mass is 10.0. The van der Waals surface area contributed by atoms with Gasteiger partial charge >= 0.3 is 0 Å². The highest BCUT2D eigenvalue weighted by Gasteiger charge is 2.17. The van der Waals surface area contributed by atoms with Crippen molar-refractivity contribution >= 4 is 22.4 Å². The van der Waals surface area contributed by atoms with E-state index in [0.29, 0.717) is 23.5 Å². The second-order valence-corrected chi connectivity index (χ2v) is 6.87. The van der Waals surface area contributed by atoms with Crippen LogP contribution in [0.3, 0.4) is 0 Å². The number of benzene rings is 1. The molecule has 0 bridgehead atoms. The molecule has 3 atom stereocenters. The van der Waals surface area contributed by atoms with Gasteiger partial charge in [0.2, 0.25) is 0 Å². The van der Waals surface area contributed by atoms with Gasteiger partial charge in [-0.25, -0.2) is 0 Å². The molecule has 1 aromatic carbocycles. The van der Waals surface area contributed by atoms with E-state index in [1.165, 1.54) is 0 Å². The molecule has 0 amide bonds. The maximum absolute atomic E-state index is 12.2. The van der Waals surface area contributed by atoms with Gasteiger partial charge in [-0.05, 0) is 30.2 Å². The second-order valence-electron chi connectivity index (χ2n) is 4.93. The molecule has 1 N–H and O–H groups in total. The van der Waals surface area contributed by atoms with Gasteiger partial charge in [-0.3, -0.25) is 4.21 Å². The molecule has 19 heavy (non-hydrogen) atoms. The Kier molecular flexibility index (Phi) is 7.66. The Morgan fingerprint density at radius 1 is 1.26 bits per heavy atom. The van der Waals surface area contributed by atoms with Gasteiger partial charge < -0.3 is 5.32 Å². The van der Waals surface area contributed by atoms with Crippen LogP contribution in [0.25, 0.3) is 0 Å². The van der Waals surface area contributed by atoms with E-state index in [9.17, 15) is 4.21 Å². The molecule has 1 rings (SSSR count). The van der Waals surface area contributed by atoms with Gasteiger partial charge in [-0.15, -0.1) is 0 Å². The SMILES string of the molecule is CCNC(CS(=O)Cc1ccc(Cl)cc1)C(C)CC. The Labute approximate surface area is 124 Å². The van der Waals surface area contributed by atoms with Gasteiger partial charge in [0, 0.05) is 33.4 Å². The van der Waals surface area contributed by atoms with Crippen LogP contribution in [0.4, 0.5) is 0 Å². The molecule has 108 valence electrons. The minimum Gasteiger partial charge on any atom is -0.313 e. The summed E-state index contributed by atoms with van der Waals surface area (Å²) >= 11 is 5.85. The van der Waals surface area contributed by atoms with E-state index in [4.69, 9.17) is 11.6 Å². The molecule has 0 aliphatic heterocycles. The molecular formula is C15H24ClNOS. The minimum absolute atomic E-state index is 0.336. The Morgan fingerprint density at radius 2 is 1.89 bits per heavy atom. The van der Waals surface area contributed by atoms with E-state index < -0.39 is 10.8 Å². The molecule has 4 heteroatoms. The molecule has 0 aromatic heterocycles. The van der Waals surface area contributed by atoms with Crippen LogP contribution >= 0.6 is 11.6 Å². The van der Waals surface area contributed by atoms with E-state index in [2.05, 4.69) is 26.1 Å². The lowest BCUT2D eigenvalue weighted by Crippen LogP contribution is -2.39. The summed E-state index contributed by atoms with van der Waals surface area (Å²) in [5.41, 5.74) is 1.09. The fourth-order valence-corrected chi connectivity index (χ4v) is 3.65. The van der Waals surface area contributed by atoms with Crippen LogP contribution in [0, 0.1) is 5.92 Å². The first-order valence-corrected chi connectivity index (χ1v) is 8.76. The number of hydrogen-bond acceptors (Lipinski definition) is 2. The quantitative estimate of drug-likeness (QED) is 0.794. The number of nitrogens with one attached hydrogen (secondary N) is 1. The van der Waals surface area contributed by atoms with Crippen molar-refractivity contribution in [3.8, 4) is 0 Å². The minimum atomic E-state index is -0.837. The molecule has 0 aliphatic rings. The Bertz CT molecular complexity index is 394. The van der Waals surface area contributed by atoms with Crippen LogP contribution in [0.1, 0.15) is 32.8 Å². The fraction of sp³-hybridized carbons (Fsp3) is 0.600. The van der Waals surface area contributed by atoms with Gasteiger partial charge in [-0.2, -0.15) is 0 Å². The van der Waals surface area contributed by atoms with E-state index in [-0.39, 0.29) is 0 Å². The summed E-state index contributed by atoms with van der Waals surface area (Å²) in [5, 5.41) is 4.17. The topological polar surface area (TPSA) is 29.1 Å². The normalized spacial score (nSPS) is 16.0. The molecule has 2 nitrogen and oxygen atoms in total. The highest BCUT2D eigenvalue weighted by Crippen LogP contribution is 2.13. The molecule has 0 heterocycles. The van der Waals surface area contributed by atoms with Crippen molar-refractivity contribution in [2.24, 2.45) is 5.92 Å². The van der Waals surface area contributed by atoms with Gasteiger partial charge in [-0.1, -0.05) is 50.9 Å². The number of hydrogen-bond donors (Lipinski definition) is 1. The zero-order valence-electron chi connectivity index (χ0n) is 12.0. The maximum Gasteiger partial charge on any atom is 0.0486 e. The molecule has 3 unspecified atom stereocenters. The van der Waals surface area contributed by atoms with Crippen molar-refractivity contribution in [1.29, 1.82) is 0 Å². The van der Waals surface area contributed by atoms with Crippen molar-refractivity contribution < 1.29 is 4.21 Å². The average molecular weight is 302 g/mol. The molecule has 0 aliphatic carbocycles. The third-order valence-electron chi connectivity index (χ3n) is 3.40. The maximum atomic E-state index is 12.2. The molecule has 0 saturated heterocycles. The van der Waals surface area contributed by atoms with Crippen LogP contribution in [0.5, 0.6) is 0 Å². The zero-order valence-corrected chi connectivity index (χ0v) is 13.6. The summed E-state index contributed by atoms with van der Waals surface area (Å²) in [5.74, 6) is 1.87. The first-order valence-electron chi connectivity index (χ1n) is 6.89. The summed E-state index contributed by atoms with van der Waals surface area (Å²) in [6, 6.07) is 7.94. The molecular weight excluding hydrogens is 278 g/mol. The molecule has 0 spiro atoms. The summed E-state index contributed by atoms with van der Waals surface area (Å²) in [4.78, 5) is 0. The fourth-order valence-electron chi connectivity index (χ4n) is 2.00. The summed E-state index contributed by atoms with van der Waals surface area (Å²) in [6.07, 6.45) is 1.11. The second kappa shape index (κ2) is 8.72. The highest BCUT2D eigenvalue weighted by molar-refractivity contribution is 7.84. The molecule has 0 radical (unpaired) electrons.